The fourth-order valence-electron chi connectivity index (χ4n) is 1.45. The van der Waals surface area contributed by atoms with Gasteiger partial charge in [-0.25, -0.2) is 0 Å². The van der Waals surface area contributed by atoms with Crippen LogP contribution in [0.25, 0.3) is 0 Å². The van der Waals surface area contributed by atoms with Gasteiger partial charge in [-0.15, -0.1) is 11.3 Å². The van der Waals surface area contributed by atoms with Gasteiger partial charge in [0.15, 0.2) is 4.21 Å². The van der Waals surface area contributed by atoms with Crippen LogP contribution >= 0.6 is 22.9 Å². The smallest absolute Gasteiger partial charge is 0.348 e. The molecule has 0 radical (unpaired) electrons. The number of hydrogen-bond acceptors (Lipinski definition) is 4. The topological polar surface area (TPSA) is 43.4 Å². The van der Waals surface area contributed by atoms with Crippen LogP contribution in [0.3, 0.4) is 0 Å². The number of thiophene rings is 1. The summed E-state index contributed by atoms with van der Waals surface area (Å²) in [4.78, 5) is 0. The highest BCUT2D eigenvalue weighted by atomic mass is 35.5. The van der Waals surface area contributed by atoms with E-state index in [2.05, 4.69) is 0 Å². The van der Waals surface area contributed by atoms with Gasteiger partial charge in [0.25, 0.3) is 0 Å². The van der Waals surface area contributed by atoms with Crippen LogP contribution in [0, 0.1) is 0 Å². The summed E-state index contributed by atoms with van der Waals surface area (Å²) in [5, 5.41) is 2.30. The van der Waals surface area contributed by atoms with Crippen molar-refractivity contribution in [1.82, 2.24) is 0 Å². The van der Waals surface area contributed by atoms with Gasteiger partial charge in [-0.3, -0.25) is 0 Å². The van der Waals surface area contributed by atoms with Gasteiger partial charge >= 0.3 is 10.1 Å². The molecule has 0 bridgehead atoms. The molecule has 1 aromatic carbocycles. The predicted molar refractivity (Wildman–Crippen MR) is 73.0 cm³/mol. The molecule has 1 heterocycles. The Morgan fingerprint density at radius 1 is 1.33 bits per heavy atom. The summed E-state index contributed by atoms with van der Waals surface area (Å²) in [6, 6.07) is 8.01. The van der Waals surface area contributed by atoms with E-state index in [1.807, 2.05) is 6.92 Å². The standard InChI is InChI=1S/C12H11ClO3S2/c1-2-9-8-10(5-6-11(9)13)16-18(14,15)12-4-3-7-17-12/h3-8H,2H2,1H3. The van der Waals surface area contributed by atoms with Crippen LogP contribution in [0.15, 0.2) is 39.9 Å². The predicted octanol–water partition coefficient (Wildman–Crippen LogP) is 3.73. The van der Waals surface area contributed by atoms with Gasteiger partial charge in [0.05, 0.1) is 0 Å². The maximum absolute atomic E-state index is 11.9. The molecule has 0 spiro atoms. The molecule has 0 atom stereocenters. The third-order valence-electron chi connectivity index (χ3n) is 2.35. The van der Waals surface area contributed by atoms with Gasteiger partial charge in [-0.2, -0.15) is 8.42 Å². The highest BCUT2D eigenvalue weighted by Gasteiger charge is 2.18. The molecule has 0 amide bonds. The summed E-state index contributed by atoms with van der Waals surface area (Å²) in [6.45, 7) is 1.94. The van der Waals surface area contributed by atoms with Crippen molar-refractivity contribution in [3.63, 3.8) is 0 Å². The van der Waals surface area contributed by atoms with Gasteiger partial charge in [0, 0.05) is 5.02 Å². The Kier molecular flexibility index (Phi) is 3.94. The van der Waals surface area contributed by atoms with Crippen molar-refractivity contribution in [2.45, 2.75) is 17.6 Å². The minimum atomic E-state index is -3.73. The number of benzene rings is 1. The summed E-state index contributed by atoms with van der Waals surface area (Å²) in [5.41, 5.74) is 0.857. The SMILES string of the molecule is CCc1cc(OS(=O)(=O)c2cccs2)ccc1Cl. The van der Waals surface area contributed by atoms with Gasteiger partial charge in [0.1, 0.15) is 5.75 Å². The molecular formula is C12H11ClO3S2. The van der Waals surface area contributed by atoms with Crippen LogP contribution in [0.1, 0.15) is 12.5 Å². The molecule has 0 N–H and O–H groups in total. The lowest BCUT2D eigenvalue weighted by Crippen LogP contribution is -2.08. The molecule has 1 aromatic heterocycles. The third kappa shape index (κ3) is 2.85. The quantitative estimate of drug-likeness (QED) is 0.808. The number of rotatable bonds is 4. The van der Waals surface area contributed by atoms with Crippen molar-refractivity contribution in [2.75, 3.05) is 0 Å². The summed E-state index contributed by atoms with van der Waals surface area (Å²) in [6.07, 6.45) is 0.717. The van der Waals surface area contributed by atoms with E-state index in [1.165, 1.54) is 6.07 Å². The molecule has 0 aliphatic carbocycles. The molecule has 2 rings (SSSR count). The zero-order valence-electron chi connectivity index (χ0n) is 9.59. The first kappa shape index (κ1) is 13.4. The number of hydrogen-bond donors (Lipinski definition) is 0. The highest BCUT2D eigenvalue weighted by Crippen LogP contribution is 2.26. The van der Waals surface area contributed by atoms with Gasteiger partial charge < -0.3 is 4.18 Å². The average Bonchev–Trinajstić information content (AvgIpc) is 2.85. The molecule has 3 nitrogen and oxygen atoms in total. The maximum atomic E-state index is 11.9. The van der Waals surface area contributed by atoms with Crippen molar-refractivity contribution in [3.05, 3.63) is 46.3 Å². The highest BCUT2D eigenvalue weighted by molar-refractivity contribution is 7.89. The number of aryl methyl sites for hydroxylation is 1. The van der Waals surface area contributed by atoms with E-state index in [-0.39, 0.29) is 9.96 Å². The molecule has 2 aromatic rings. The van der Waals surface area contributed by atoms with Crippen LogP contribution in [0.5, 0.6) is 5.75 Å². The monoisotopic (exact) mass is 302 g/mol. The Morgan fingerprint density at radius 2 is 2.11 bits per heavy atom. The summed E-state index contributed by atoms with van der Waals surface area (Å²) in [7, 11) is -3.73. The zero-order chi connectivity index (χ0) is 13.2. The van der Waals surface area contributed by atoms with Crippen LogP contribution in [-0.2, 0) is 16.5 Å². The average molecular weight is 303 g/mol. The molecule has 6 heteroatoms. The molecule has 0 aliphatic heterocycles. The van der Waals surface area contributed by atoms with Crippen LogP contribution < -0.4 is 4.18 Å². The molecule has 0 fully saturated rings. The third-order valence-corrected chi connectivity index (χ3v) is 5.32. The molecule has 0 saturated carbocycles. The first-order valence-corrected chi connectivity index (χ1v) is 7.96. The van der Waals surface area contributed by atoms with E-state index in [0.717, 1.165) is 23.3 Å². The molecule has 96 valence electrons. The second-order valence-electron chi connectivity index (χ2n) is 3.58. The Balaban J connectivity index is 2.30. The van der Waals surface area contributed by atoms with E-state index in [0.29, 0.717) is 5.02 Å². The Labute approximate surface area is 115 Å². The van der Waals surface area contributed by atoms with Gasteiger partial charge in [-0.1, -0.05) is 24.6 Å². The fraction of sp³-hybridized carbons (Fsp3) is 0.167. The molecular weight excluding hydrogens is 292 g/mol. The minimum Gasteiger partial charge on any atom is -0.378 e. The van der Waals surface area contributed by atoms with E-state index >= 15 is 0 Å². The van der Waals surface area contributed by atoms with E-state index in [9.17, 15) is 8.42 Å². The zero-order valence-corrected chi connectivity index (χ0v) is 12.0. The number of halogens is 1. The Morgan fingerprint density at radius 3 is 2.72 bits per heavy atom. The molecule has 18 heavy (non-hydrogen) atoms. The van der Waals surface area contributed by atoms with Crippen molar-refractivity contribution in [3.8, 4) is 5.75 Å². The van der Waals surface area contributed by atoms with Crippen molar-refractivity contribution >= 4 is 33.1 Å². The van der Waals surface area contributed by atoms with E-state index in [4.69, 9.17) is 15.8 Å². The Hall–Kier alpha value is -1.04. The molecule has 0 unspecified atom stereocenters. The lowest BCUT2D eigenvalue weighted by atomic mass is 10.2. The van der Waals surface area contributed by atoms with Gasteiger partial charge in [-0.05, 0) is 41.6 Å². The second-order valence-corrected chi connectivity index (χ2v) is 6.70. The van der Waals surface area contributed by atoms with Crippen LogP contribution in [0.2, 0.25) is 5.02 Å². The first-order chi connectivity index (χ1) is 8.53. The molecule has 0 saturated heterocycles. The minimum absolute atomic E-state index is 0.190. The summed E-state index contributed by atoms with van der Waals surface area (Å²) >= 11 is 7.09. The Bertz CT molecular complexity index is 633. The largest absolute Gasteiger partial charge is 0.378 e. The van der Waals surface area contributed by atoms with E-state index < -0.39 is 10.1 Å². The maximum Gasteiger partial charge on any atom is 0.348 e. The van der Waals surface area contributed by atoms with Crippen molar-refractivity contribution in [1.29, 1.82) is 0 Å². The van der Waals surface area contributed by atoms with Crippen LogP contribution in [-0.4, -0.2) is 8.42 Å². The lowest BCUT2D eigenvalue weighted by Gasteiger charge is -2.07. The van der Waals surface area contributed by atoms with Gasteiger partial charge in [0.2, 0.25) is 0 Å². The van der Waals surface area contributed by atoms with Crippen molar-refractivity contribution < 1.29 is 12.6 Å². The normalized spacial score (nSPS) is 11.4. The van der Waals surface area contributed by atoms with Crippen LogP contribution in [0.4, 0.5) is 0 Å². The van der Waals surface area contributed by atoms with E-state index in [1.54, 1.807) is 29.6 Å². The summed E-state index contributed by atoms with van der Waals surface area (Å²) in [5.74, 6) is 0.282. The second kappa shape index (κ2) is 5.30. The first-order valence-electron chi connectivity index (χ1n) is 5.29. The lowest BCUT2D eigenvalue weighted by molar-refractivity contribution is 0.488. The summed E-state index contributed by atoms with van der Waals surface area (Å²) < 4.78 is 29.1. The van der Waals surface area contributed by atoms with Crippen molar-refractivity contribution in [2.24, 2.45) is 0 Å². The molecule has 0 aliphatic rings. The fourth-order valence-corrected chi connectivity index (χ4v) is 3.57.